The minimum atomic E-state index is 0. The molecule has 5 heteroatoms. The predicted molar refractivity (Wildman–Crippen MR) is 104 cm³/mol. The fourth-order valence-corrected chi connectivity index (χ4v) is 2.72. The first-order chi connectivity index (χ1) is 11.7. The molecule has 2 aromatic carbocycles. The van der Waals surface area contributed by atoms with Crippen molar-refractivity contribution >= 4 is 34.3 Å². The number of hydrogen-bond donors (Lipinski definition) is 0. The molecule has 0 amide bonds. The molecule has 0 saturated heterocycles. The van der Waals surface area contributed by atoms with Crippen LogP contribution in [0, 0.1) is 12.2 Å². The van der Waals surface area contributed by atoms with E-state index in [0.717, 1.165) is 22.9 Å². The first-order valence-corrected chi connectivity index (χ1v) is 8.54. The fraction of sp³-hybridized carbons (Fsp3) is 0.0909. The number of rotatable bonds is 2. The molecule has 0 nitrogen and oxygen atoms in total. The Morgan fingerprint density at radius 2 is 0.926 bits per heavy atom. The van der Waals surface area contributed by atoms with Crippen LogP contribution in [0.5, 0.6) is 0 Å². The Morgan fingerprint density at radius 1 is 0.593 bits per heavy atom. The van der Waals surface area contributed by atoms with E-state index in [4.69, 9.17) is 23.2 Å². The average molecular weight is 513 g/mol. The molecular weight excluding hydrogens is 497 g/mol. The van der Waals surface area contributed by atoms with E-state index in [1.54, 1.807) is 0 Å². The zero-order valence-electron chi connectivity index (χ0n) is 14.4. The topological polar surface area (TPSA) is 0 Å². The monoisotopic (exact) mass is 510 g/mol. The molecule has 136 valence electrons. The molecule has 0 bridgehead atoms. The van der Waals surface area contributed by atoms with Crippen LogP contribution in [0.2, 0.25) is 10.0 Å². The summed E-state index contributed by atoms with van der Waals surface area (Å²) >= 11 is 11.5. The van der Waals surface area contributed by atoms with Crippen LogP contribution in [0.15, 0.2) is 72.8 Å². The van der Waals surface area contributed by atoms with Gasteiger partial charge in [-0.05, 0) is 0 Å². The molecule has 0 unspecified atom stereocenters. The predicted octanol–water partition coefficient (Wildman–Crippen LogP) is 0.978. The van der Waals surface area contributed by atoms with Crippen molar-refractivity contribution in [3.8, 4) is 0 Å². The van der Waals surface area contributed by atoms with E-state index in [1.807, 2.05) is 48.5 Å². The normalized spacial score (nSPS) is 13.3. The van der Waals surface area contributed by atoms with Gasteiger partial charge in [-0.2, -0.15) is 35.5 Å². The van der Waals surface area contributed by atoms with Crippen molar-refractivity contribution < 1.29 is 51.0 Å². The summed E-state index contributed by atoms with van der Waals surface area (Å²) in [6.45, 7) is 0. The Hall–Kier alpha value is -0.557. The Morgan fingerprint density at radius 3 is 1.19 bits per heavy atom. The largest absolute Gasteiger partial charge is 4.00 e. The summed E-state index contributed by atoms with van der Waals surface area (Å²) in [5, 5.41) is 1.56. The van der Waals surface area contributed by atoms with Gasteiger partial charge in [-0.15, -0.1) is 47.5 Å². The third-order valence-corrected chi connectivity index (χ3v) is 4.20. The molecule has 0 N–H and O–H groups in total. The van der Waals surface area contributed by atoms with Crippen molar-refractivity contribution in [1.29, 1.82) is 0 Å². The second-order valence-electron chi connectivity index (χ2n) is 5.41. The van der Waals surface area contributed by atoms with Gasteiger partial charge in [-0.1, -0.05) is 60.3 Å². The van der Waals surface area contributed by atoms with E-state index in [1.165, 1.54) is 22.3 Å². The third-order valence-electron chi connectivity index (χ3n) is 3.70. The summed E-state index contributed by atoms with van der Waals surface area (Å²) in [6, 6.07) is 15.7. The molecule has 0 aliphatic heterocycles. The molecule has 2 aliphatic rings. The Bertz CT molecular complexity index is 745. The molecule has 0 fully saturated rings. The quantitative estimate of drug-likeness (QED) is 0.526. The zero-order chi connectivity index (χ0) is 16.8. The molecule has 4 rings (SSSR count). The molecular formula is C22H16Cl4Zr. The van der Waals surface area contributed by atoms with Crippen LogP contribution in [0.4, 0.5) is 0 Å². The van der Waals surface area contributed by atoms with Gasteiger partial charge >= 0.3 is 26.2 Å². The van der Waals surface area contributed by atoms with Gasteiger partial charge in [0.15, 0.2) is 0 Å². The molecule has 0 heterocycles. The van der Waals surface area contributed by atoms with Gasteiger partial charge in [0.25, 0.3) is 0 Å². The number of benzene rings is 2. The van der Waals surface area contributed by atoms with Crippen LogP contribution in [0.1, 0.15) is 24.0 Å². The second kappa shape index (κ2) is 13.6. The van der Waals surface area contributed by atoms with E-state index >= 15 is 0 Å². The van der Waals surface area contributed by atoms with Crippen molar-refractivity contribution in [2.75, 3.05) is 0 Å². The van der Waals surface area contributed by atoms with Crippen LogP contribution in [0.3, 0.4) is 0 Å². The van der Waals surface area contributed by atoms with Crippen molar-refractivity contribution in [3.05, 3.63) is 106 Å². The van der Waals surface area contributed by atoms with Crippen LogP contribution in [0.25, 0.3) is 11.1 Å². The fourth-order valence-electron chi connectivity index (χ4n) is 2.46. The van der Waals surface area contributed by atoms with Crippen LogP contribution in [-0.2, 0) is 26.2 Å². The molecule has 0 radical (unpaired) electrons. The van der Waals surface area contributed by atoms with Crippen LogP contribution in [-0.4, -0.2) is 0 Å². The minimum absolute atomic E-state index is 0. The third kappa shape index (κ3) is 8.14. The van der Waals surface area contributed by atoms with Gasteiger partial charge in [0, 0.05) is 10.0 Å². The van der Waals surface area contributed by atoms with Gasteiger partial charge in [0.2, 0.25) is 0 Å². The van der Waals surface area contributed by atoms with Crippen molar-refractivity contribution in [2.45, 2.75) is 12.8 Å². The molecule has 27 heavy (non-hydrogen) atoms. The maximum Gasteiger partial charge on any atom is 4.00 e. The van der Waals surface area contributed by atoms with Crippen molar-refractivity contribution in [2.24, 2.45) is 0 Å². The average Bonchev–Trinajstić information content (AvgIpc) is 3.31. The van der Waals surface area contributed by atoms with Crippen LogP contribution >= 0.6 is 23.2 Å². The van der Waals surface area contributed by atoms with E-state index in [0.29, 0.717) is 0 Å². The minimum Gasteiger partial charge on any atom is -1.00 e. The number of hydrogen-bond acceptors (Lipinski definition) is 0. The Balaban J connectivity index is 0.000000451. The molecule has 0 spiro atoms. The summed E-state index contributed by atoms with van der Waals surface area (Å²) in [7, 11) is 0. The zero-order valence-corrected chi connectivity index (χ0v) is 19.8. The summed E-state index contributed by atoms with van der Waals surface area (Å²) in [5.74, 6) is 0. The first kappa shape index (κ1) is 26.4. The first-order valence-electron chi connectivity index (χ1n) is 7.79. The molecule has 0 saturated carbocycles. The summed E-state index contributed by atoms with van der Waals surface area (Å²) in [5.41, 5.74) is 4.72. The van der Waals surface area contributed by atoms with Gasteiger partial charge in [-0.25, -0.2) is 0 Å². The SMILES string of the molecule is Clc1ccc(C2=[C-]CC=C2)cc1.Clc1ccc(C2=[C-]CC=C2)cc1.[Cl-].[Cl-].[Zr+4]. The van der Waals surface area contributed by atoms with Gasteiger partial charge in [0.1, 0.15) is 0 Å². The summed E-state index contributed by atoms with van der Waals surface area (Å²) < 4.78 is 0. The molecule has 0 aromatic heterocycles. The molecule has 2 aromatic rings. The van der Waals surface area contributed by atoms with Crippen LogP contribution < -0.4 is 24.8 Å². The Labute approximate surface area is 203 Å². The van der Waals surface area contributed by atoms with Gasteiger partial charge in [-0.3, -0.25) is 0 Å². The van der Waals surface area contributed by atoms with Crippen molar-refractivity contribution in [1.82, 2.24) is 0 Å². The van der Waals surface area contributed by atoms with E-state index in [-0.39, 0.29) is 51.0 Å². The van der Waals surface area contributed by atoms with E-state index < -0.39 is 0 Å². The second-order valence-corrected chi connectivity index (χ2v) is 6.28. The molecule has 0 atom stereocenters. The maximum atomic E-state index is 5.77. The summed E-state index contributed by atoms with van der Waals surface area (Å²) in [4.78, 5) is 0. The van der Waals surface area contributed by atoms with Gasteiger partial charge in [0.05, 0.1) is 0 Å². The Kier molecular flexibility index (Phi) is 13.3. The maximum absolute atomic E-state index is 5.77. The van der Waals surface area contributed by atoms with Gasteiger partial charge < -0.3 is 24.8 Å². The number of allylic oxidation sites excluding steroid dienone is 8. The van der Waals surface area contributed by atoms with Crippen molar-refractivity contribution in [3.63, 3.8) is 0 Å². The summed E-state index contributed by atoms with van der Waals surface area (Å²) in [6.07, 6.45) is 16.7. The van der Waals surface area contributed by atoms with E-state index in [9.17, 15) is 0 Å². The van der Waals surface area contributed by atoms with E-state index in [2.05, 4.69) is 36.5 Å². The standard InChI is InChI=1S/2C11H8Cl.2ClH.Zr/c2*12-11-7-5-10(6-8-11)9-3-1-2-4-9;;;/h2*1,3,5-8H,2H2;2*1H;/q2*-1;;;+4/p-2. The molecule has 2 aliphatic carbocycles. The smallest absolute Gasteiger partial charge is 1.00 e. The number of halogens is 4.